The minimum Gasteiger partial charge on any atom is -0.461 e. The predicted molar refractivity (Wildman–Crippen MR) is 121 cm³/mol. The zero-order chi connectivity index (χ0) is 23.3. The van der Waals surface area contributed by atoms with Crippen molar-refractivity contribution in [3.8, 4) is 5.69 Å². The first-order chi connectivity index (χ1) is 15.3. The van der Waals surface area contributed by atoms with Crippen LogP contribution in [0.1, 0.15) is 24.3 Å². The highest BCUT2D eigenvalue weighted by atomic mass is 32.2. The molecule has 164 valence electrons. The number of carbonyl (C=O) groups excluding carboxylic acids is 1. The first kappa shape index (κ1) is 22.8. The summed E-state index contributed by atoms with van der Waals surface area (Å²) in [7, 11) is -3.87. The van der Waals surface area contributed by atoms with Crippen molar-refractivity contribution in [2.24, 2.45) is 0 Å². The molecule has 2 aromatic heterocycles. The number of benzene rings is 1. The van der Waals surface area contributed by atoms with Gasteiger partial charge in [-0.15, -0.1) is 0 Å². The average molecular weight is 452 g/mol. The van der Waals surface area contributed by atoms with Crippen LogP contribution in [0.5, 0.6) is 0 Å². The van der Waals surface area contributed by atoms with Gasteiger partial charge in [0.25, 0.3) is 0 Å². The van der Waals surface area contributed by atoms with E-state index in [-0.39, 0.29) is 27.4 Å². The molecule has 0 saturated carbocycles. The van der Waals surface area contributed by atoms with Crippen molar-refractivity contribution >= 4 is 26.8 Å². The molecule has 0 unspecified atom stereocenters. The quantitative estimate of drug-likeness (QED) is 0.400. The molecule has 3 rings (SSSR count). The molecule has 2 heterocycles. The number of esters is 1. The maximum Gasteiger partial charge on any atom is 0.362 e. The topological polar surface area (TPSA) is 108 Å². The van der Waals surface area contributed by atoms with E-state index in [9.17, 15) is 18.0 Å². The molecule has 0 bridgehead atoms. The van der Waals surface area contributed by atoms with Gasteiger partial charge in [0, 0.05) is 6.20 Å². The van der Waals surface area contributed by atoms with Gasteiger partial charge in [-0.05, 0) is 50.3 Å². The molecular weight excluding hydrogens is 430 g/mol. The molecule has 1 aromatic carbocycles. The Bertz CT molecular complexity index is 1420. The lowest BCUT2D eigenvalue weighted by atomic mass is 10.2. The molecule has 32 heavy (non-hydrogen) atoms. The SMILES string of the molecule is C=C/C(=C\C=C/C)S(=O)(=O)c1cccc(-n2nc(C(=O)OCC)c(=O)c3cccnc32)c1. The summed E-state index contributed by atoms with van der Waals surface area (Å²) in [6.07, 6.45) is 7.48. The number of hydrogen-bond donors (Lipinski definition) is 0. The monoisotopic (exact) mass is 451 g/mol. The fraction of sp³-hybridized carbons (Fsp3) is 0.130. The number of carbonyl (C=O) groups is 1. The maximum atomic E-state index is 13.1. The van der Waals surface area contributed by atoms with E-state index < -0.39 is 26.9 Å². The van der Waals surface area contributed by atoms with E-state index >= 15 is 0 Å². The summed E-state index contributed by atoms with van der Waals surface area (Å²) in [6.45, 7) is 7.05. The van der Waals surface area contributed by atoms with Crippen LogP contribution in [0.25, 0.3) is 16.7 Å². The number of allylic oxidation sites excluding steroid dienone is 4. The van der Waals surface area contributed by atoms with Crippen LogP contribution in [0.4, 0.5) is 0 Å². The molecule has 0 N–H and O–H groups in total. The van der Waals surface area contributed by atoms with Gasteiger partial charge >= 0.3 is 5.97 Å². The van der Waals surface area contributed by atoms with E-state index in [2.05, 4.69) is 16.7 Å². The summed E-state index contributed by atoms with van der Waals surface area (Å²) in [4.78, 5) is 29.3. The average Bonchev–Trinajstić information content (AvgIpc) is 2.80. The molecular formula is C23H21N3O5S. The van der Waals surface area contributed by atoms with Crippen molar-refractivity contribution in [2.75, 3.05) is 6.61 Å². The fourth-order valence-electron chi connectivity index (χ4n) is 2.95. The Morgan fingerprint density at radius 2 is 2.03 bits per heavy atom. The molecule has 0 aliphatic heterocycles. The van der Waals surface area contributed by atoms with Gasteiger partial charge in [-0.25, -0.2) is 22.9 Å². The zero-order valence-corrected chi connectivity index (χ0v) is 18.4. The molecule has 0 fully saturated rings. The van der Waals surface area contributed by atoms with Crippen molar-refractivity contribution in [2.45, 2.75) is 18.7 Å². The molecule has 0 saturated heterocycles. The standard InChI is InChI=1S/C23H21N3O5S/c1-4-7-11-17(5-2)32(29,30)18-12-8-10-16(15-18)26-22-19(13-9-14-24-22)21(27)20(25-26)23(28)31-6-3/h4-5,7-15H,2,6H2,1,3H3/b7-4-,17-11+. The summed E-state index contributed by atoms with van der Waals surface area (Å²) in [6, 6.07) is 9.05. The minimum atomic E-state index is -3.87. The van der Waals surface area contributed by atoms with Gasteiger partial charge < -0.3 is 4.74 Å². The lowest BCUT2D eigenvalue weighted by Crippen LogP contribution is -2.24. The maximum absolute atomic E-state index is 13.1. The molecule has 3 aromatic rings. The van der Waals surface area contributed by atoms with Gasteiger partial charge in [-0.3, -0.25) is 4.79 Å². The Balaban J connectivity index is 2.27. The number of aromatic nitrogens is 3. The molecule has 0 amide bonds. The van der Waals surface area contributed by atoms with Crippen molar-refractivity contribution < 1.29 is 17.9 Å². The highest BCUT2D eigenvalue weighted by Gasteiger charge is 2.22. The minimum absolute atomic E-state index is 0.00656. The number of pyridine rings is 1. The summed E-state index contributed by atoms with van der Waals surface area (Å²) < 4.78 is 32.4. The molecule has 0 radical (unpaired) electrons. The van der Waals surface area contributed by atoms with E-state index in [0.29, 0.717) is 5.69 Å². The van der Waals surface area contributed by atoms with Gasteiger partial charge in [0.1, 0.15) is 0 Å². The molecule has 9 heteroatoms. The predicted octanol–water partition coefficient (Wildman–Crippen LogP) is 3.38. The van der Waals surface area contributed by atoms with Gasteiger partial charge in [0.15, 0.2) is 5.65 Å². The van der Waals surface area contributed by atoms with E-state index in [1.54, 1.807) is 38.1 Å². The Labute approximate surface area is 185 Å². The van der Waals surface area contributed by atoms with Crippen molar-refractivity contribution in [3.05, 3.63) is 94.3 Å². The summed E-state index contributed by atoms with van der Waals surface area (Å²) in [5.41, 5.74) is -0.557. The number of nitrogens with zero attached hydrogens (tertiary/aromatic N) is 3. The van der Waals surface area contributed by atoms with Gasteiger partial charge in [-0.1, -0.05) is 30.9 Å². The Kier molecular flexibility index (Phi) is 6.79. The Morgan fingerprint density at radius 3 is 2.72 bits per heavy atom. The molecule has 0 spiro atoms. The third-order valence-corrected chi connectivity index (χ3v) is 6.25. The fourth-order valence-corrected chi connectivity index (χ4v) is 4.24. The summed E-state index contributed by atoms with van der Waals surface area (Å²) in [5, 5.41) is 4.30. The molecule has 0 aliphatic carbocycles. The lowest BCUT2D eigenvalue weighted by Gasteiger charge is -2.12. The Morgan fingerprint density at radius 1 is 1.25 bits per heavy atom. The van der Waals surface area contributed by atoms with Crippen LogP contribution in [0.3, 0.4) is 0 Å². The number of fused-ring (bicyclic) bond motifs is 1. The van der Waals surface area contributed by atoms with Crippen molar-refractivity contribution in [1.82, 2.24) is 14.8 Å². The van der Waals surface area contributed by atoms with Gasteiger partial charge in [-0.2, -0.15) is 5.10 Å². The highest BCUT2D eigenvalue weighted by Crippen LogP contribution is 2.23. The van der Waals surface area contributed by atoms with Crippen LogP contribution in [0, 0.1) is 0 Å². The van der Waals surface area contributed by atoms with Gasteiger partial charge in [0.2, 0.25) is 21.0 Å². The van der Waals surface area contributed by atoms with Crippen LogP contribution >= 0.6 is 0 Å². The Hall–Kier alpha value is -3.85. The van der Waals surface area contributed by atoms with Crippen molar-refractivity contribution in [3.63, 3.8) is 0 Å². The third-order valence-electron chi connectivity index (χ3n) is 4.45. The second-order valence-corrected chi connectivity index (χ2v) is 8.43. The zero-order valence-electron chi connectivity index (χ0n) is 17.6. The van der Waals surface area contributed by atoms with Crippen molar-refractivity contribution in [1.29, 1.82) is 0 Å². The van der Waals surface area contributed by atoms with E-state index in [1.165, 1.54) is 47.3 Å². The first-order valence-corrected chi connectivity index (χ1v) is 11.2. The number of sulfone groups is 1. The largest absolute Gasteiger partial charge is 0.461 e. The summed E-state index contributed by atoms with van der Waals surface area (Å²) >= 11 is 0. The summed E-state index contributed by atoms with van der Waals surface area (Å²) in [5.74, 6) is -0.871. The normalized spacial score (nSPS) is 12.2. The van der Waals surface area contributed by atoms with Crippen LogP contribution < -0.4 is 5.43 Å². The molecule has 8 nitrogen and oxygen atoms in total. The second kappa shape index (κ2) is 9.52. The second-order valence-electron chi connectivity index (χ2n) is 6.48. The van der Waals surface area contributed by atoms with Crippen LogP contribution in [0.15, 0.2) is 88.1 Å². The van der Waals surface area contributed by atoms with E-state index in [0.717, 1.165) is 0 Å². The number of ether oxygens (including phenoxy) is 1. The van der Waals surface area contributed by atoms with Crippen LogP contribution in [0.2, 0.25) is 0 Å². The smallest absolute Gasteiger partial charge is 0.362 e. The molecule has 0 atom stereocenters. The molecule has 0 aliphatic rings. The van der Waals surface area contributed by atoms with E-state index in [4.69, 9.17) is 4.74 Å². The number of hydrogen-bond acceptors (Lipinski definition) is 7. The van der Waals surface area contributed by atoms with Crippen LogP contribution in [-0.2, 0) is 14.6 Å². The lowest BCUT2D eigenvalue weighted by molar-refractivity contribution is 0.0516. The van der Waals surface area contributed by atoms with E-state index in [1.807, 2.05) is 0 Å². The third kappa shape index (κ3) is 4.28. The van der Waals surface area contributed by atoms with Gasteiger partial charge in [0.05, 0.1) is 27.5 Å². The first-order valence-electron chi connectivity index (χ1n) is 9.71. The highest BCUT2D eigenvalue weighted by molar-refractivity contribution is 7.95. The van der Waals surface area contributed by atoms with Crippen LogP contribution in [-0.4, -0.2) is 35.8 Å². The number of rotatable bonds is 7.